The van der Waals surface area contributed by atoms with E-state index in [1.807, 2.05) is 36.4 Å². The molecule has 44 heavy (non-hydrogen) atoms. The molecule has 0 saturated carbocycles. The summed E-state index contributed by atoms with van der Waals surface area (Å²) in [5, 5.41) is 8.68. The third kappa shape index (κ3) is 4.34. The number of carbonyl (C=O) groups excluding carboxylic acids is 2. The number of benzene rings is 4. The zero-order valence-corrected chi connectivity index (χ0v) is 24.0. The molecular weight excluding hydrogens is 560 g/mol. The minimum atomic E-state index is -0.408. The molecule has 1 aliphatic carbocycles. The van der Waals surface area contributed by atoms with Crippen molar-refractivity contribution in [3.63, 3.8) is 0 Å². The van der Waals surface area contributed by atoms with Gasteiger partial charge in [-0.1, -0.05) is 35.5 Å². The second-order valence-corrected chi connectivity index (χ2v) is 11.1. The second-order valence-electron chi connectivity index (χ2n) is 11.1. The molecule has 0 unspecified atom stereocenters. The van der Waals surface area contributed by atoms with Crippen LogP contribution in [0.3, 0.4) is 0 Å². The number of methoxy groups -OCH3 is 1. The van der Waals surface area contributed by atoms with E-state index in [1.54, 1.807) is 24.3 Å². The van der Waals surface area contributed by atoms with Crippen molar-refractivity contribution in [3.05, 3.63) is 95.1 Å². The number of nitrogens with one attached hydrogen (secondary N) is 1. The third-order valence-corrected chi connectivity index (χ3v) is 8.52. The molecule has 1 saturated heterocycles. The van der Waals surface area contributed by atoms with Crippen LogP contribution in [0, 0.1) is 0 Å². The van der Waals surface area contributed by atoms with Gasteiger partial charge in [-0.2, -0.15) is 0 Å². The fourth-order valence-corrected chi connectivity index (χ4v) is 6.29. The Kier molecular flexibility index (Phi) is 6.23. The molecule has 1 N–H and O–H groups in total. The first-order valence-corrected chi connectivity index (χ1v) is 14.5. The number of esters is 1. The highest BCUT2D eigenvalue weighted by molar-refractivity contribution is 6.28. The number of piperazine rings is 1. The summed E-state index contributed by atoms with van der Waals surface area (Å²) in [6, 6.07) is 22.6. The Morgan fingerprint density at radius 1 is 0.932 bits per heavy atom. The van der Waals surface area contributed by atoms with Crippen LogP contribution in [-0.4, -0.2) is 61.9 Å². The standard InChI is InChI=1S/C34H28N4O6/c1-41-34(40)21-7-9-22(10-8-21)35-25-17-26(31-30-29(25)32(39)23-4-2-3-5-24(23)33(30)44-36-31)38-14-12-37(13-15-38)18-20-6-11-27-28(16-20)43-19-42-27/h2-11,16-17,35H,12-15,18-19H2,1H3. The van der Waals surface area contributed by atoms with Crippen molar-refractivity contribution >= 4 is 39.7 Å². The highest BCUT2D eigenvalue weighted by atomic mass is 16.7. The molecule has 2 aliphatic heterocycles. The SMILES string of the molecule is COC(=O)c1ccc(Nc2cc(N3CCN(Cc4ccc5c(c4)OCO5)CC3)c3noc4c3c2C(=O)c2ccccc2-4)cc1. The summed E-state index contributed by atoms with van der Waals surface area (Å²) >= 11 is 0. The normalized spacial score (nSPS) is 15.4. The monoisotopic (exact) mass is 588 g/mol. The minimum Gasteiger partial charge on any atom is -0.465 e. The topological polar surface area (TPSA) is 106 Å². The lowest BCUT2D eigenvalue weighted by atomic mass is 9.86. The Morgan fingerprint density at radius 3 is 2.50 bits per heavy atom. The summed E-state index contributed by atoms with van der Waals surface area (Å²) in [5.74, 6) is 1.68. The summed E-state index contributed by atoms with van der Waals surface area (Å²) in [4.78, 5) is 30.6. The van der Waals surface area contributed by atoms with Crippen LogP contribution in [0.4, 0.5) is 17.1 Å². The van der Waals surface area contributed by atoms with Crippen molar-refractivity contribution in [2.24, 2.45) is 0 Å². The van der Waals surface area contributed by atoms with Crippen LogP contribution in [0.15, 0.2) is 77.3 Å². The molecule has 0 spiro atoms. The number of anilines is 3. The highest BCUT2D eigenvalue weighted by Gasteiger charge is 2.34. The van der Waals surface area contributed by atoms with E-state index >= 15 is 0 Å². The van der Waals surface area contributed by atoms with Crippen LogP contribution in [0.2, 0.25) is 0 Å². The van der Waals surface area contributed by atoms with Gasteiger partial charge < -0.3 is 29.0 Å². The number of ketones is 1. The number of hydrogen-bond donors (Lipinski definition) is 1. The van der Waals surface area contributed by atoms with Crippen LogP contribution >= 0.6 is 0 Å². The molecule has 10 nitrogen and oxygen atoms in total. The average Bonchev–Trinajstić information content (AvgIpc) is 3.72. The lowest BCUT2D eigenvalue weighted by molar-refractivity contribution is 0.0600. The Balaban J connectivity index is 1.13. The van der Waals surface area contributed by atoms with Crippen molar-refractivity contribution in [1.29, 1.82) is 0 Å². The molecule has 0 radical (unpaired) electrons. The molecule has 10 heteroatoms. The maximum absolute atomic E-state index is 14.0. The van der Waals surface area contributed by atoms with E-state index in [2.05, 4.69) is 32.4 Å². The van der Waals surface area contributed by atoms with Crippen molar-refractivity contribution in [2.45, 2.75) is 6.54 Å². The quantitative estimate of drug-likeness (QED) is 0.247. The summed E-state index contributed by atoms with van der Waals surface area (Å²) in [6.45, 7) is 4.33. The molecular formula is C34H28N4O6. The van der Waals surface area contributed by atoms with Gasteiger partial charge in [0.1, 0.15) is 5.52 Å². The fraction of sp³-hybridized carbons (Fsp3) is 0.206. The van der Waals surface area contributed by atoms with Gasteiger partial charge in [0.05, 0.1) is 35.0 Å². The maximum atomic E-state index is 14.0. The van der Waals surface area contributed by atoms with E-state index in [0.29, 0.717) is 39.0 Å². The molecule has 220 valence electrons. The molecule has 4 aromatic carbocycles. The Labute approximate surface area is 252 Å². The number of rotatable bonds is 6. The molecule has 8 rings (SSSR count). The molecule has 1 fully saturated rings. The van der Waals surface area contributed by atoms with Gasteiger partial charge >= 0.3 is 5.97 Å². The second kappa shape index (κ2) is 10.4. The van der Waals surface area contributed by atoms with E-state index in [0.717, 1.165) is 61.2 Å². The van der Waals surface area contributed by atoms with Crippen molar-refractivity contribution < 1.29 is 28.3 Å². The largest absolute Gasteiger partial charge is 0.465 e. The lowest BCUT2D eigenvalue weighted by Crippen LogP contribution is -2.46. The molecule has 1 aromatic heterocycles. The summed E-state index contributed by atoms with van der Waals surface area (Å²) < 4.78 is 21.8. The average molecular weight is 589 g/mol. The van der Waals surface area contributed by atoms with Crippen molar-refractivity contribution in [1.82, 2.24) is 10.1 Å². The van der Waals surface area contributed by atoms with Gasteiger partial charge in [-0.25, -0.2) is 4.79 Å². The lowest BCUT2D eigenvalue weighted by Gasteiger charge is -2.36. The zero-order chi connectivity index (χ0) is 29.8. The van der Waals surface area contributed by atoms with Crippen molar-refractivity contribution in [3.8, 4) is 22.8 Å². The molecule has 0 bridgehead atoms. The van der Waals surface area contributed by atoms with Crippen LogP contribution < -0.4 is 19.7 Å². The summed E-state index contributed by atoms with van der Waals surface area (Å²) in [7, 11) is 1.35. The molecule has 0 atom stereocenters. The van der Waals surface area contributed by atoms with E-state index < -0.39 is 5.97 Å². The summed E-state index contributed by atoms with van der Waals surface area (Å²) in [5.41, 5.74) is 6.44. The Bertz CT molecular complexity index is 1940. The van der Waals surface area contributed by atoms with Gasteiger partial charge in [-0.15, -0.1) is 0 Å². The fourth-order valence-electron chi connectivity index (χ4n) is 6.29. The minimum absolute atomic E-state index is 0.0879. The number of fused-ring (bicyclic) bond motifs is 3. The first-order chi connectivity index (χ1) is 21.6. The first kappa shape index (κ1) is 26.3. The number of aromatic nitrogens is 1. The van der Waals surface area contributed by atoms with E-state index in [9.17, 15) is 9.59 Å². The van der Waals surface area contributed by atoms with Crippen LogP contribution in [0.5, 0.6) is 11.5 Å². The molecule has 3 aliphatic rings. The number of ether oxygens (including phenoxy) is 3. The van der Waals surface area contributed by atoms with Gasteiger partial charge in [-0.3, -0.25) is 9.69 Å². The molecule has 5 aromatic rings. The maximum Gasteiger partial charge on any atom is 0.337 e. The predicted octanol–water partition coefficient (Wildman–Crippen LogP) is 5.62. The van der Waals surface area contributed by atoms with Crippen LogP contribution in [0.25, 0.3) is 22.2 Å². The van der Waals surface area contributed by atoms with Gasteiger partial charge in [0, 0.05) is 49.5 Å². The molecule has 3 heterocycles. The van der Waals surface area contributed by atoms with E-state index in [-0.39, 0.29) is 12.6 Å². The Morgan fingerprint density at radius 2 is 1.70 bits per heavy atom. The van der Waals surface area contributed by atoms with Crippen molar-refractivity contribution in [2.75, 3.05) is 50.3 Å². The van der Waals surface area contributed by atoms with Gasteiger partial charge in [0.25, 0.3) is 0 Å². The van der Waals surface area contributed by atoms with E-state index in [1.165, 1.54) is 12.7 Å². The number of hydrogen-bond acceptors (Lipinski definition) is 10. The van der Waals surface area contributed by atoms with Gasteiger partial charge in [0.2, 0.25) is 6.79 Å². The molecule has 0 amide bonds. The van der Waals surface area contributed by atoms with Crippen LogP contribution in [-0.2, 0) is 11.3 Å². The summed E-state index contributed by atoms with van der Waals surface area (Å²) in [6.07, 6.45) is 0. The van der Waals surface area contributed by atoms with Gasteiger partial charge in [-0.05, 0) is 48.0 Å². The first-order valence-electron chi connectivity index (χ1n) is 14.5. The predicted molar refractivity (Wildman–Crippen MR) is 164 cm³/mol. The smallest absolute Gasteiger partial charge is 0.337 e. The van der Waals surface area contributed by atoms with E-state index in [4.69, 9.17) is 18.7 Å². The zero-order valence-electron chi connectivity index (χ0n) is 24.0. The van der Waals surface area contributed by atoms with Crippen LogP contribution in [0.1, 0.15) is 31.8 Å². The number of nitrogens with zero attached hydrogens (tertiary/aromatic N) is 3. The number of carbonyl (C=O) groups is 2. The third-order valence-electron chi connectivity index (χ3n) is 8.52. The highest BCUT2D eigenvalue weighted by Crippen LogP contribution is 2.46. The van der Waals surface area contributed by atoms with Gasteiger partial charge in [0.15, 0.2) is 23.0 Å². The Hall–Kier alpha value is -5.35.